The second-order valence-corrected chi connectivity index (χ2v) is 5.91. The van der Waals surface area contributed by atoms with Gasteiger partial charge in [0.25, 0.3) is 5.91 Å². The summed E-state index contributed by atoms with van der Waals surface area (Å²) in [5.74, 6) is 1.33. The summed E-state index contributed by atoms with van der Waals surface area (Å²) in [6.07, 6.45) is 2.04. The van der Waals surface area contributed by atoms with Crippen molar-refractivity contribution in [1.82, 2.24) is 4.90 Å². The highest BCUT2D eigenvalue weighted by Crippen LogP contribution is 2.29. The van der Waals surface area contributed by atoms with Gasteiger partial charge in [-0.15, -0.1) is 0 Å². The van der Waals surface area contributed by atoms with Gasteiger partial charge in [-0.2, -0.15) is 0 Å². The lowest BCUT2D eigenvalue weighted by molar-refractivity contribution is 0.0709. The summed E-state index contributed by atoms with van der Waals surface area (Å²) in [5.41, 5.74) is 2.06. The Labute approximate surface area is 137 Å². The van der Waals surface area contributed by atoms with Gasteiger partial charge < -0.3 is 9.64 Å². The summed E-state index contributed by atoms with van der Waals surface area (Å²) in [7, 11) is 0. The normalized spacial score (nSPS) is 15.4. The van der Waals surface area contributed by atoms with Crippen LogP contribution in [-0.4, -0.2) is 30.5 Å². The number of hydrogen-bond acceptors (Lipinski definition) is 2. The minimum absolute atomic E-state index is 0.0839. The molecule has 1 heterocycles. The Kier molecular flexibility index (Phi) is 4.96. The molecule has 3 nitrogen and oxygen atoms in total. The lowest BCUT2D eigenvalue weighted by Crippen LogP contribution is -2.38. The van der Waals surface area contributed by atoms with Gasteiger partial charge in [-0.05, 0) is 43.4 Å². The fourth-order valence-electron chi connectivity index (χ4n) is 3.24. The lowest BCUT2D eigenvalue weighted by Gasteiger charge is -2.32. The average molecular weight is 309 g/mol. The largest absolute Gasteiger partial charge is 0.493 e. The first-order valence-corrected chi connectivity index (χ1v) is 8.35. The van der Waals surface area contributed by atoms with Gasteiger partial charge in [0.15, 0.2) is 0 Å². The monoisotopic (exact) mass is 309 g/mol. The van der Waals surface area contributed by atoms with Crippen molar-refractivity contribution in [2.45, 2.75) is 25.7 Å². The van der Waals surface area contributed by atoms with E-state index in [2.05, 4.69) is 24.3 Å². The van der Waals surface area contributed by atoms with Gasteiger partial charge in [0.1, 0.15) is 5.75 Å². The van der Waals surface area contributed by atoms with Gasteiger partial charge in [-0.25, -0.2) is 0 Å². The molecule has 2 aromatic rings. The van der Waals surface area contributed by atoms with Crippen molar-refractivity contribution in [3.05, 3.63) is 65.7 Å². The Morgan fingerprint density at radius 3 is 2.39 bits per heavy atom. The molecular weight excluding hydrogens is 286 g/mol. The Hall–Kier alpha value is -2.29. The van der Waals surface area contributed by atoms with Crippen LogP contribution in [0.4, 0.5) is 0 Å². The van der Waals surface area contributed by atoms with E-state index in [-0.39, 0.29) is 5.91 Å². The first-order chi connectivity index (χ1) is 11.3. The Balaban J connectivity index is 1.67. The number of nitrogens with zero attached hydrogens (tertiary/aromatic N) is 1. The number of ether oxygens (including phenoxy) is 1. The van der Waals surface area contributed by atoms with Crippen LogP contribution in [-0.2, 0) is 0 Å². The second-order valence-electron chi connectivity index (χ2n) is 5.91. The van der Waals surface area contributed by atoms with Gasteiger partial charge >= 0.3 is 0 Å². The predicted octanol–water partition coefficient (Wildman–Crippen LogP) is 4.11. The van der Waals surface area contributed by atoms with Gasteiger partial charge in [0.2, 0.25) is 0 Å². The molecule has 0 saturated carbocycles. The molecule has 0 unspecified atom stereocenters. The van der Waals surface area contributed by atoms with E-state index < -0.39 is 0 Å². The number of carbonyl (C=O) groups excluding carboxylic acids is 1. The molecule has 0 spiro atoms. The molecule has 0 bridgehead atoms. The SMILES string of the molecule is CCOc1ccccc1C(=O)N1CCC(c2ccccc2)CC1. The van der Waals surface area contributed by atoms with E-state index in [0.29, 0.717) is 23.8 Å². The lowest BCUT2D eigenvalue weighted by atomic mass is 9.89. The minimum atomic E-state index is 0.0839. The third-order valence-electron chi connectivity index (χ3n) is 4.47. The summed E-state index contributed by atoms with van der Waals surface area (Å²) in [6, 6.07) is 18.1. The first kappa shape index (κ1) is 15.6. The molecule has 1 saturated heterocycles. The minimum Gasteiger partial charge on any atom is -0.493 e. The highest BCUT2D eigenvalue weighted by Gasteiger charge is 2.25. The van der Waals surface area contributed by atoms with Crippen LogP contribution in [0.1, 0.15) is 41.6 Å². The molecule has 1 aliphatic rings. The Morgan fingerprint density at radius 2 is 1.70 bits per heavy atom. The summed E-state index contributed by atoms with van der Waals surface area (Å²) in [4.78, 5) is 14.7. The molecule has 0 aliphatic carbocycles. The third kappa shape index (κ3) is 3.55. The van der Waals surface area contributed by atoms with Crippen molar-refractivity contribution in [3.8, 4) is 5.75 Å². The summed E-state index contributed by atoms with van der Waals surface area (Å²) in [5, 5.41) is 0. The Morgan fingerprint density at radius 1 is 1.04 bits per heavy atom. The summed E-state index contributed by atoms with van der Waals surface area (Å²) in [6.45, 7) is 4.12. The van der Waals surface area contributed by atoms with Crippen LogP contribution < -0.4 is 4.74 Å². The van der Waals surface area contributed by atoms with Crippen LogP contribution in [0.15, 0.2) is 54.6 Å². The van der Waals surface area contributed by atoms with Gasteiger partial charge in [0, 0.05) is 13.1 Å². The van der Waals surface area contributed by atoms with Gasteiger partial charge in [-0.3, -0.25) is 4.79 Å². The smallest absolute Gasteiger partial charge is 0.257 e. The molecule has 1 aliphatic heterocycles. The fraction of sp³-hybridized carbons (Fsp3) is 0.350. The maximum Gasteiger partial charge on any atom is 0.257 e. The molecule has 3 heteroatoms. The molecule has 1 amide bonds. The van der Waals surface area contributed by atoms with Gasteiger partial charge in [0.05, 0.1) is 12.2 Å². The zero-order valence-corrected chi connectivity index (χ0v) is 13.6. The van der Waals surface area contributed by atoms with Crippen molar-refractivity contribution >= 4 is 5.91 Å². The number of carbonyl (C=O) groups is 1. The fourth-order valence-corrected chi connectivity index (χ4v) is 3.24. The van der Waals surface area contributed by atoms with Crippen molar-refractivity contribution in [3.63, 3.8) is 0 Å². The van der Waals surface area contributed by atoms with E-state index in [1.54, 1.807) is 0 Å². The molecular formula is C20H23NO2. The molecule has 1 fully saturated rings. The van der Waals surface area contributed by atoms with Crippen molar-refractivity contribution in [1.29, 1.82) is 0 Å². The maximum atomic E-state index is 12.8. The van der Waals surface area contributed by atoms with Crippen molar-refractivity contribution < 1.29 is 9.53 Å². The average Bonchev–Trinajstić information content (AvgIpc) is 2.63. The highest BCUT2D eigenvalue weighted by atomic mass is 16.5. The van der Waals surface area contributed by atoms with E-state index >= 15 is 0 Å². The number of rotatable bonds is 4. The van der Waals surface area contributed by atoms with Crippen LogP contribution in [0, 0.1) is 0 Å². The number of amides is 1. The van der Waals surface area contributed by atoms with Crippen molar-refractivity contribution in [2.75, 3.05) is 19.7 Å². The molecule has 120 valence electrons. The summed E-state index contributed by atoms with van der Waals surface area (Å²) >= 11 is 0. The Bertz CT molecular complexity index is 646. The van der Waals surface area contributed by atoms with Crippen LogP contribution in [0.5, 0.6) is 5.75 Å². The summed E-state index contributed by atoms with van der Waals surface area (Å²) < 4.78 is 5.59. The van der Waals surface area contributed by atoms with Gasteiger partial charge in [-0.1, -0.05) is 42.5 Å². The highest BCUT2D eigenvalue weighted by molar-refractivity contribution is 5.97. The standard InChI is InChI=1S/C20H23NO2/c1-2-23-19-11-7-6-10-18(19)20(22)21-14-12-17(13-15-21)16-8-4-3-5-9-16/h3-11,17H,2,12-15H2,1H3. The zero-order valence-electron chi connectivity index (χ0n) is 13.6. The number of likely N-dealkylation sites (tertiary alicyclic amines) is 1. The molecule has 23 heavy (non-hydrogen) atoms. The van der Waals surface area contributed by atoms with Crippen LogP contribution in [0.3, 0.4) is 0 Å². The van der Waals surface area contributed by atoms with E-state index in [1.807, 2.05) is 42.2 Å². The number of benzene rings is 2. The van der Waals surface area contributed by atoms with Crippen LogP contribution in [0.25, 0.3) is 0 Å². The van der Waals surface area contributed by atoms with E-state index in [9.17, 15) is 4.79 Å². The molecule has 3 rings (SSSR count). The second kappa shape index (κ2) is 7.32. The van der Waals surface area contributed by atoms with E-state index in [1.165, 1.54) is 5.56 Å². The first-order valence-electron chi connectivity index (χ1n) is 8.35. The van der Waals surface area contributed by atoms with Crippen molar-refractivity contribution in [2.24, 2.45) is 0 Å². The molecule has 0 atom stereocenters. The number of piperidine rings is 1. The third-order valence-corrected chi connectivity index (χ3v) is 4.47. The topological polar surface area (TPSA) is 29.5 Å². The number of hydrogen-bond donors (Lipinski definition) is 0. The van der Waals surface area contributed by atoms with E-state index in [4.69, 9.17) is 4.74 Å². The van der Waals surface area contributed by atoms with Crippen LogP contribution >= 0.6 is 0 Å². The quantitative estimate of drug-likeness (QED) is 0.851. The number of para-hydroxylation sites is 1. The maximum absolute atomic E-state index is 12.8. The zero-order chi connectivity index (χ0) is 16.1. The van der Waals surface area contributed by atoms with Crippen LogP contribution in [0.2, 0.25) is 0 Å². The molecule has 0 aromatic heterocycles. The molecule has 2 aromatic carbocycles. The predicted molar refractivity (Wildman–Crippen MR) is 91.9 cm³/mol. The van der Waals surface area contributed by atoms with E-state index in [0.717, 1.165) is 25.9 Å². The molecule has 0 radical (unpaired) electrons. The molecule has 0 N–H and O–H groups in total.